The van der Waals surface area contributed by atoms with E-state index >= 15 is 0 Å². The maximum atomic E-state index is 5.54. The van der Waals surface area contributed by atoms with Crippen molar-refractivity contribution in [1.29, 1.82) is 0 Å². The van der Waals surface area contributed by atoms with Crippen molar-refractivity contribution in [2.75, 3.05) is 20.3 Å². The van der Waals surface area contributed by atoms with E-state index in [1.807, 2.05) is 0 Å². The Bertz CT molecular complexity index is 386. The van der Waals surface area contributed by atoms with E-state index in [-0.39, 0.29) is 5.41 Å². The monoisotopic (exact) mass is 250 g/mol. The smallest absolute Gasteiger partial charge is 0.122 e. The third-order valence-corrected chi connectivity index (χ3v) is 3.33. The highest BCUT2D eigenvalue weighted by Gasteiger charge is 2.24. The molecule has 0 saturated heterocycles. The van der Waals surface area contributed by atoms with Gasteiger partial charge in [-0.2, -0.15) is 0 Å². The Kier molecular flexibility index (Phi) is 5.17. The molecule has 0 aromatic heterocycles. The summed E-state index contributed by atoms with van der Waals surface area (Å²) < 4.78 is 5.54. The molecule has 0 spiro atoms. The van der Waals surface area contributed by atoms with E-state index in [0.717, 1.165) is 12.3 Å². The molecule has 0 unspecified atom stereocenters. The zero-order chi connectivity index (χ0) is 13.8. The van der Waals surface area contributed by atoms with Crippen molar-refractivity contribution < 1.29 is 4.74 Å². The van der Waals surface area contributed by atoms with Gasteiger partial charge in [0.25, 0.3) is 0 Å². The van der Waals surface area contributed by atoms with Crippen molar-refractivity contribution in [1.82, 2.24) is 5.32 Å². The van der Waals surface area contributed by atoms with Crippen LogP contribution >= 0.6 is 0 Å². The van der Waals surface area contributed by atoms with Gasteiger partial charge in [0.05, 0.1) is 7.11 Å². The maximum absolute atomic E-state index is 5.54. The van der Waals surface area contributed by atoms with E-state index in [4.69, 9.17) is 10.5 Å². The molecule has 0 heterocycles. The highest BCUT2D eigenvalue weighted by atomic mass is 16.5. The van der Waals surface area contributed by atoms with Gasteiger partial charge in [-0.3, -0.25) is 0 Å². The summed E-state index contributed by atoms with van der Waals surface area (Å²) in [6.45, 7) is 10.1. The lowest BCUT2D eigenvalue weighted by Crippen LogP contribution is -2.36. The van der Waals surface area contributed by atoms with E-state index < -0.39 is 0 Å². The zero-order valence-electron chi connectivity index (χ0n) is 12.2. The van der Waals surface area contributed by atoms with Crippen LogP contribution in [-0.4, -0.2) is 20.3 Å². The molecule has 0 aliphatic rings. The van der Waals surface area contributed by atoms with Gasteiger partial charge < -0.3 is 15.8 Å². The molecule has 0 saturated carbocycles. The quantitative estimate of drug-likeness (QED) is 0.763. The number of methoxy groups -OCH3 is 1. The highest BCUT2D eigenvalue weighted by molar-refractivity contribution is 5.43. The predicted molar refractivity (Wildman–Crippen MR) is 77.2 cm³/mol. The summed E-state index contributed by atoms with van der Waals surface area (Å²) in [6, 6.07) is 6.50. The molecule has 3 heteroatoms. The van der Waals surface area contributed by atoms with Gasteiger partial charge >= 0.3 is 0 Å². The average molecular weight is 250 g/mol. The average Bonchev–Trinajstić information content (AvgIpc) is 2.35. The fourth-order valence-corrected chi connectivity index (χ4v) is 2.11. The van der Waals surface area contributed by atoms with Crippen LogP contribution in [0.4, 0.5) is 0 Å². The van der Waals surface area contributed by atoms with Crippen LogP contribution in [0.5, 0.6) is 5.75 Å². The van der Waals surface area contributed by atoms with Crippen LogP contribution < -0.4 is 15.8 Å². The first-order valence-corrected chi connectivity index (χ1v) is 6.51. The second kappa shape index (κ2) is 6.21. The Morgan fingerprint density at radius 3 is 2.50 bits per heavy atom. The van der Waals surface area contributed by atoms with Gasteiger partial charge in [-0.15, -0.1) is 0 Å². The second-order valence-corrected chi connectivity index (χ2v) is 5.63. The van der Waals surface area contributed by atoms with Crippen LogP contribution in [0.25, 0.3) is 0 Å². The van der Waals surface area contributed by atoms with Crippen LogP contribution in [-0.2, 0) is 5.41 Å². The minimum Gasteiger partial charge on any atom is -0.496 e. The van der Waals surface area contributed by atoms with Crippen molar-refractivity contribution in [2.24, 2.45) is 5.73 Å². The van der Waals surface area contributed by atoms with Crippen LogP contribution in [0.3, 0.4) is 0 Å². The van der Waals surface area contributed by atoms with Crippen LogP contribution in [0.2, 0.25) is 0 Å². The predicted octanol–water partition coefficient (Wildman–Crippen LogP) is 2.60. The Morgan fingerprint density at radius 2 is 2.00 bits per heavy atom. The summed E-state index contributed by atoms with van der Waals surface area (Å²) >= 11 is 0. The number of hydrogen-bond acceptors (Lipinski definition) is 3. The lowest BCUT2D eigenvalue weighted by Gasteiger charge is -2.28. The Labute approximate surface area is 111 Å². The molecule has 1 rings (SSSR count). The third kappa shape index (κ3) is 3.47. The number of nitrogens with one attached hydrogen (secondary N) is 1. The Hall–Kier alpha value is -1.06. The topological polar surface area (TPSA) is 47.3 Å². The normalized spacial score (nSPS) is 11.9. The molecule has 0 atom stereocenters. The van der Waals surface area contributed by atoms with Crippen LogP contribution in [0.1, 0.15) is 44.7 Å². The molecule has 0 bridgehead atoms. The summed E-state index contributed by atoms with van der Waals surface area (Å²) in [5.41, 5.74) is 8.03. The van der Waals surface area contributed by atoms with Gasteiger partial charge in [-0.25, -0.2) is 0 Å². The number of hydrogen-bond donors (Lipinski definition) is 2. The summed E-state index contributed by atoms with van der Waals surface area (Å²) in [7, 11) is 1.73. The fourth-order valence-electron chi connectivity index (χ4n) is 2.11. The molecule has 3 nitrogen and oxygen atoms in total. The van der Waals surface area contributed by atoms with Crippen LogP contribution in [0.15, 0.2) is 18.2 Å². The lowest BCUT2D eigenvalue weighted by atomic mass is 9.82. The molecule has 1 aromatic carbocycles. The first-order valence-electron chi connectivity index (χ1n) is 6.51. The lowest BCUT2D eigenvalue weighted by molar-refractivity contribution is 0.385. The molecular weight excluding hydrogens is 224 g/mol. The number of benzene rings is 1. The second-order valence-electron chi connectivity index (χ2n) is 5.63. The number of rotatable bonds is 6. The molecule has 0 aliphatic carbocycles. The van der Waals surface area contributed by atoms with E-state index in [1.54, 1.807) is 7.11 Å². The molecule has 1 aromatic rings. The standard InChI is InChI=1S/C15H26N2O/c1-11(2)12-6-7-13(14(8-12)18-5)15(3,4)9-17-10-16/h6-8,11,17H,9-10,16H2,1-5H3. The summed E-state index contributed by atoms with van der Waals surface area (Å²) in [5, 5.41) is 3.20. The summed E-state index contributed by atoms with van der Waals surface area (Å²) in [5.74, 6) is 1.48. The molecule has 0 amide bonds. The molecule has 0 radical (unpaired) electrons. The van der Waals surface area contributed by atoms with E-state index in [0.29, 0.717) is 12.6 Å². The van der Waals surface area contributed by atoms with Gasteiger partial charge in [0.1, 0.15) is 5.75 Å². The summed E-state index contributed by atoms with van der Waals surface area (Å²) in [4.78, 5) is 0. The van der Waals surface area contributed by atoms with Crippen molar-refractivity contribution in [2.45, 2.75) is 39.0 Å². The first-order chi connectivity index (χ1) is 8.42. The highest BCUT2D eigenvalue weighted by Crippen LogP contribution is 2.33. The van der Waals surface area contributed by atoms with Gasteiger partial charge in [-0.1, -0.05) is 39.8 Å². The van der Waals surface area contributed by atoms with Gasteiger partial charge in [0, 0.05) is 24.2 Å². The van der Waals surface area contributed by atoms with E-state index in [1.165, 1.54) is 11.1 Å². The van der Waals surface area contributed by atoms with E-state index in [2.05, 4.69) is 51.2 Å². The van der Waals surface area contributed by atoms with Gasteiger partial charge in [-0.05, 0) is 17.5 Å². The van der Waals surface area contributed by atoms with E-state index in [9.17, 15) is 0 Å². The minimum atomic E-state index is 0.000221. The zero-order valence-corrected chi connectivity index (χ0v) is 12.2. The molecule has 0 fully saturated rings. The van der Waals surface area contributed by atoms with Crippen LogP contribution in [0, 0.1) is 0 Å². The molecular formula is C15H26N2O. The molecule has 0 aliphatic heterocycles. The molecule has 18 heavy (non-hydrogen) atoms. The third-order valence-electron chi connectivity index (χ3n) is 3.33. The number of nitrogens with two attached hydrogens (primary N) is 1. The SMILES string of the molecule is COc1cc(C(C)C)ccc1C(C)(C)CNCN. The fraction of sp³-hybridized carbons (Fsp3) is 0.600. The largest absolute Gasteiger partial charge is 0.496 e. The van der Waals surface area contributed by atoms with Crippen molar-refractivity contribution in [3.63, 3.8) is 0 Å². The Morgan fingerprint density at radius 1 is 1.33 bits per heavy atom. The summed E-state index contributed by atoms with van der Waals surface area (Å²) in [6.07, 6.45) is 0. The molecule has 102 valence electrons. The number of ether oxygens (including phenoxy) is 1. The van der Waals surface area contributed by atoms with Gasteiger partial charge in [0.2, 0.25) is 0 Å². The Balaban J connectivity index is 3.08. The van der Waals surface area contributed by atoms with Crippen molar-refractivity contribution in [3.05, 3.63) is 29.3 Å². The molecule has 3 N–H and O–H groups in total. The van der Waals surface area contributed by atoms with Crippen molar-refractivity contribution in [3.8, 4) is 5.75 Å². The van der Waals surface area contributed by atoms with Crippen molar-refractivity contribution >= 4 is 0 Å². The van der Waals surface area contributed by atoms with Gasteiger partial charge in [0.15, 0.2) is 0 Å². The minimum absolute atomic E-state index is 0.000221. The first kappa shape index (κ1) is 15.0. The maximum Gasteiger partial charge on any atom is 0.122 e.